The van der Waals surface area contributed by atoms with Crippen LogP contribution in [0, 0.1) is 17.8 Å². The summed E-state index contributed by atoms with van der Waals surface area (Å²) in [5.74, 6) is -0.100. The minimum Gasteiger partial charge on any atom is -0.414 e. The minimum absolute atomic E-state index is 0.00733. The molecule has 34 heavy (non-hydrogen) atoms. The molecule has 0 heterocycles. The molecule has 0 aliphatic carbocycles. The summed E-state index contributed by atoms with van der Waals surface area (Å²) in [5.41, 5.74) is 2.03. The highest BCUT2D eigenvalue weighted by molar-refractivity contribution is 6.74. The van der Waals surface area contributed by atoms with Gasteiger partial charge < -0.3 is 19.4 Å². The largest absolute Gasteiger partial charge is 0.414 e. The molecule has 0 fully saturated rings. The number of aliphatic hydroxyl groups is 2. The summed E-state index contributed by atoms with van der Waals surface area (Å²) in [6, 6.07) is 10.1. The molecule has 1 aromatic rings. The lowest BCUT2D eigenvalue weighted by molar-refractivity contribution is 0.0123. The fraction of sp³-hybridized carbons (Fsp3) is 0.724. The van der Waals surface area contributed by atoms with E-state index >= 15 is 0 Å². The molecule has 0 radical (unpaired) electrons. The Morgan fingerprint density at radius 3 is 2.18 bits per heavy atom. The van der Waals surface area contributed by atoms with Crippen molar-refractivity contribution >= 4 is 8.32 Å². The van der Waals surface area contributed by atoms with Crippen LogP contribution in [-0.2, 0) is 15.8 Å². The Kier molecular flexibility index (Phi) is 12.7. The van der Waals surface area contributed by atoms with Crippen molar-refractivity contribution in [3.63, 3.8) is 0 Å². The maximum absolute atomic E-state index is 11.2. The molecule has 196 valence electrons. The molecule has 2 N–H and O–H groups in total. The number of rotatable bonds is 14. The van der Waals surface area contributed by atoms with Crippen molar-refractivity contribution in [2.75, 3.05) is 6.61 Å². The van der Waals surface area contributed by atoms with E-state index in [9.17, 15) is 10.2 Å². The van der Waals surface area contributed by atoms with Crippen LogP contribution in [-0.4, -0.2) is 43.4 Å². The standard InChI is InChI=1S/C29H52O4Si/c1-11-15-26(33-34(9,10)29(6,7)8)24(5)28(31)22(3)18-21(2)27(30)23(4)19-32-20-25-16-13-12-14-17-25/h12-14,16-18,21,23-24,26-28,30-31H,11,15,19-20H2,1-10H3/b22-18+/t21-,23-,24-,26-,27+,28-/m1/s1. The second-order valence-electron chi connectivity index (χ2n) is 11.7. The third kappa shape index (κ3) is 9.58. The van der Waals surface area contributed by atoms with Crippen LogP contribution in [0.15, 0.2) is 42.0 Å². The first-order valence-corrected chi connectivity index (χ1v) is 16.0. The highest BCUT2D eigenvalue weighted by Gasteiger charge is 2.41. The molecule has 5 heteroatoms. The molecule has 0 spiro atoms. The zero-order chi connectivity index (χ0) is 26.1. The first-order chi connectivity index (χ1) is 15.7. The number of aliphatic hydroxyl groups excluding tert-OH is 2. The first-order valence-electron chi connectivity index (χ1n) is 13.0. The third-order valence-electron chi connectivity index (χ3n) is 7.52. The van der Waals surface area contributed by atoms with Gasteiger partial charge in [-0.15, -0.1) is 0 Å². The molecular weight excluding hydrogens is 440 g/mol. The summed E-state index contributed by atoms with van der Waals surface area (Å²) in [6.45, 7) is 22.6. The van der Waals surface area contributed by atoms with E-state index in [1.807, 2.05) is 57.2 Å². The molecule has 0 bridgehead atoms. The smallest absolute Gasteiger partial charge is 0.192 e. The van der Waals surface area contributed by atoms with Crippen LogP contribution >= 0.6 is 0 Å². The molecule has 4 nitrogen and oxygen atoms in total. The number of hydrogen-bond donors (Lipinski definition) is 2. The second kappa shape index (κ2) is 13.9. The van der Waals surface area contributed by atoms with Crippen LogP contribution in [0.5, 0.6) is 0 Å². The van der Waals surface area contributed by atoms with Gasteiger partial charge in [-0.2, -0.15) is 0 Å². The summed E-state index contributed by atoms with van der Waals surface area (Å²) in [5, 5.41) is 22.2. The number of hydrogen-bond acceptors (Lipinski definition) is 4. The lowest BCUT2D eigenvalue weighted by Crippen LogP contribution is -2.47. The third-order valence-corrected chi connectivity index (χ3v) is 12.0. The van der Waals surface area contributed by atoms with Gasteiger partial charge in [0.2, 0.25) is 0 Å². The van der Waals surface area contributed by atoms with Gasteiger partial charge in [-0.3, -0.25) is 0 Å². The van der Waals surface area contributed by atoms with Crippen molar-refractivity contribution in [1.29, 1.82) is 0 Å². The quantitative estimate of drug-likeness (QED) is 0.217. The van der Waals surface area contributed by atoms with Crippen molar-refractivity contribution in [2.45, 2.75) is 111 Å². The molecule has 1 rings (SSSR count). The van der Waals surface area contributed by atoms with Crippen molar-refractivity contribution in [3.8, 4) is 0 Å². The molecule has 6 atom stereocenters. The van der Waals surface area contributed by atoms with Gasteiger partial charge in [0, 0.05) is 17.8 Å². The van der Waals surface area contributed by atoms with Gasteiger partial charge in [-0.05, 0) is 42.6 Å². The van der Waals surface area contributed by atoms with E-state index in [1.165, 1.54) is 0 Å². The van der Waals surface area contributed by atoms with E-state index in [-0.39, 0.29) is 28.9 Å². The lowest BCUT2D eigenvalue weighted by atomic mass is 9.87. The van der Waals surface area contributed by atoms with Crippen LogP contribution in [0.2, 0.25) is 18.1 Å². The monoisotopic (exact) mass is 492 g/mol. The highest BCUT2D eigenvalue weighted by Crippen LogP contribution is 2.39. The molecule has 0 saturated carbocycles. The zero-order valence-corrected chi connectivity index (χ0v) is 24.5. The SMILES string of the molecule is CCC[C@@H](O[Si](C)(C)C(C)(C)C)[C@@H](C)[C@H](O)/C(C)=C/[C@@H](C)[C@H](O)[C@H](C)COCc1ccccc1. The van der Waals surface area contributed by atoms with Crippen molar-refractivity contribution in [3.05, 3.63) is 47.5 Å². The Morgan fingerprint density at radius 2 is 1.65 bits per heavy atom. The minimum atomic E-state index is -1.94. The van der Waals surface area contributed by atoms with Crippen LogP contribution < -0.4 is 0 Å². The molecular formula is C29H52O4Si. The number of ether oxygens (including phenoxy) is 1. The Morgan fingerprint density at radius 1 is 1.06 bits per heavy atom. The summed E-state index contributed by atoms with van der Waals surface area (Å²) >= 11 is 0. The van der Waals surface area contributed by atoms with Gasteiger partial charge in [-0.1, -0.05) is 91.3 Å². The van der Waals surface area contributed by atoms with E-state index in [0.29, 0.717) is 13.2 Å². The Bertz CT molecular complexity index is 725. The summed E-state index contributed by atoms with van der Waals surface area (Å²) in [4.78, 5) is 0. The lowest BCUT2D eigenvalue weighted by Gasteiger charge is -2.42. The Labute approximate surface area is 210 Å². The van der Waals surface area contributed by atoms with Crippen molar-refractivity contribution < 1.29 is 19.4 Å². The predicted molar refractivity (Wildman–Crippen MR) is 146 cm³/mol. The van der Waals surface area contributed by atoms with Crippen molar-refractivity contribution in [2.24, 2.45) is 17.8 Å². The molecule has 0 aliphatic rings. The fourth-order valence-electron chi connectivity index (χ4n) is 4.05. The van der Waals surface area contributed by atoms with Gasteiger partial charge in [0.25, 0.3) is 0 Å². The fourth-order valence-corrected chi connectivity index (χ4v) is 5.50. The van der Waals surface area contributed by atoms with Crippen LogP contribution in [0.1, 0.15) is 73.8 Å². The molecule has 0 aliphatic heterocycles. The molecule has 0 amide bonds. The van der Waals surface area contributed by atoms with E-state index in [0.717, 1.165) is 24.0 Å². The van der Waals surface area contributed by atoms with Crippen LogP contribution in [0.3, 0.4) is 0 Å². The van der Waals surface area contributed by atoms with E-state index in [2.05, 4.69) is 47.7 Å². The van der Waals surface area contributed by atoms with Crippen LogP contribution in [0.4, 0.5) is 0 Å². The Balaban J connectivity index is 2.75. The van der Waals surface area contributed by atoms with Gasteiger partial charge in [0.05, 0.1) is 31.5 Å². The maximum Gasteiger partial charge on any atom is 0.192 e. The first kappa shape index (κ1) is 31.0. The molecule has 0 saturated heterocycles. The van der Waals surface area contributed by atoms with Gasteiger partial charge in [-0.25, -0.2) is 0 Å². The summed E-state index contributed by atoms with van der Waals surface area (Å²) < 4.78 is 12.6. The maximum atomic E-state index is 11.2. The van der Waals surface area contributed by atoms with Gasteiger partial charge in [0.15, 0.2) is 8.32 Å². The predicted octanol–water partition coefficient (Wildman–Crippen LogP) is 6.97. The summed E-state index contributed by atoms with van der Waals surface area (Å²) in [6.07, 6.45) is 2.87. The molecule has 1 aromatic carbocycles. The van der Waals surface area contributed by atoms with Crippen molar-refractivity contribution in [1.82, 2.24) is 0 Å². The summed E-state index contributed by atoms with van der Waals surface area (Å²) in [7, 11) is -1.94. The molecule has 0 unspecified atom stereocenters. The number of benzene rings is 1. The average molecular weight is 493 g/mol. The van der Waals surface area contributed by atoms with E-state index < -0.39 is 20.5 Å². The van der Waals surface area contributed by atoms with E-state index in [1.54, 1.807) is 0 Å². The second-order valence-corrected chi connectivity index (χ2v) is 16.5. The average Bonchev–Trinajstić information content (AvgIpc) is 2.76. The van der Waals surface area contributed by atoms with Crippen LogP contribution in [0.25, 0.3) is 0 Å². The topological polar surface area (TPSA) is 58.9 Å². The normalized spacial score (nSPS) is 18.8. The Hall–Kier alpha value is -0.983. The zero-order valence-electron chi connectivity index (χ0n) is 23.5. The molecule has 0 aromatic heterocycles. The van der Waals surface area contributed by atoms with Gasteiger partial charge >= 0.3 is 0 Å². The van der Waals surface area contributed by atoms with Gasteiger partial charge in [0.1, 0.15) is 0 Å². The highest BCUT2D eigenvalue weighted by atomic mass is 28.4. The van der Waals surface area contributed by atoms with E-state index in [4.69, 9.17) is 9.16 Å².